The number of carbonyl (C=O) groups is 1. The second-order valence-corrected chi connectivity index (χ2v) is 8.67. The summed E-state index contributed by atoms with van der Waals surface area (Å²) in [5.74, 6) is 1.06. The topological polar surface area (TPSA) is 66.2 Å². The van der Waals surface area contributed by atoms with Gasteiger partial charge in [-0.25, -0.2) is 0 Å². The highest BCUT2D eigenvalue weighted by Gasteiger charge is 2.31. The first-order valence-corrected chi connectivity index (χ1v) is 11.8. The Hall–Kier alpha value is -3.79. The van der Waals surface area contributed by atoms with Crippen molar-refractivity contribution in [2.75, 3.05) is 20.0 Å². The van der Waals surface area contributed by atoms with Crippen molar-refractivity contribution < 1.29 is 27.4 Å². The molecule has 0 bridgehead atoms. The van der Waals surface area contributed by atoms with E-state index in [4.69, 9.17) is 9.47 Å². The molecule has 0 saturated carbocycles. The summed E-state index contributed by atoms with van der Waals surface area (Å²) >= 11 is 1.08. The van der Waals surface area contributed by atoms with Gasteiger partial charge in [0.15, 0.2) is 10.9 Å². The van der Waals surface area contributed by atoms with Crippen molar-refractivity contribution in [2.45, 2.75) is 17.8 Å². The number of benzene rings is 3. The van der Waals surface area contributed by atoms with E-state index in [1.807, 2.05) is 30.3 Å². The summed E-state index contributed by atoms with van der Waals surface area (Å²) in [6.45, 7) is 0. The number of thioether (sulfide) groups is 1. The molecule has 0 aliphatic rings. The molecule has 0 aliphatic heterocycles. The average molecular weight is 514 g/mol. The van der Waals surface area contributed by atoms with E-state index in [0.29, 0.717) is 34.5 Å². The second-order valence-electron chi connectivity index (χ2n) is 7.72. The van der Waals surface area contributed by atoms with Gasteiger partial charge in [-0.1, -0.05) is 48.2 Å². The molecule has 0 aliphatic carbocycles. The third kappa shape index (κ3) is 5.71. The normalized spacial score (nSPS) is 11.4. The summed E-state index contributed by atoms with van der Waals surface area (Å²) < 4.78 is 52.3. The van der Waals surface area contributed by atoms with Crippen LogP contribution in [0, 0.1) is 0 Å². The Kier molecular flexibility index (Phi) is 7.64. The zero-order chi connectivity index (χ0) is 25.7. The molecule has 0 unspecified atom stereocenters. The monoisotopic (exact) mass is 513 g/mol. The Balaban J connectivity index is 1.68. The molecule has 36 heavy (non-hydrogen) atoms. The molecule has 6 nitrogen and oxygen atoms in total. The van der Waals surface area contributed by atoms with Crippen LogP contribution in [0.5, 0.6) is 11.5 Å². The maximum atomic E-state index is 13.4. The highest BCUT2D eigenvalue weighted by molar-refractivity contribution is 7.99. The average Bonchev–Trinajstić information content (AvgIpc) is 3.29. The van der Waals surface area contributed by atoms with E-state index in [-0.39, 0.29) is 17.2 Å². The molecule has 4 aromatic rings. The van der Waals surface area contributed by atoms with Crippen LogP contribution in [-0.4, -0.2) is 40.5 Å². The third-order valence-corrected chi connectivity index (χ3v) is 6.31. The lowest BCUT2D eigenvalue weighted by Gasteiger charge is -2.13. The van der Waals surface area contributed by atoms with Gasteiger partial charge in [0.05, 0.1) is 36.8 Å². The van der Waals surface area contributed by atoms with E-state index < -0.39 is 11.7 Å². The van der Waals surface area contributed by atoms with Crippen molar-refractivity contribution in [3.05, 3.63) is 95.3 Å². The summed E-state index contributed by atoms with van der Waals surface area (Å²) in [6, 6.07) is 19.3. The number of methoxy groups -OCH3 is 2. The van der Waals surface area contributed by atoms with Crippen LogP contribution < -0.4 is 9.47 Å². The molecule has 0 saturated heterocycles. The van der Waals surface area contributed by atoms with Crippen molar-refractivity contribution in [3.63, 3.8) is 0 Å². The molecular weight excluding hydrogens is 491 g/mol. The molecule has 1 aromatic heterocycles. The minimum Gasteiger partial charge on any atom is -0.497 e. The maximum Gasteiger partial charge on any atom is 0.416 e. The largest absolute Gasteiger partial charge is 0.497 e. The number of hydrogen-bond donors (Lipinski definition) is 0. The third-order valence-electron chi connectivity index (χ3n) is 5.38. The van der Waals surface area contributed by atoms with Crippen LogP contribution in [-0.2, 0) is 12.6 Å². The Labute approximate surface area is 210 Å². The number of nitrogens with zero attached hydrogens (tertiary/aromatic N) is 3. The second kappa shape index (κ2) is 10.9. The Morgan fingerprint density at radius 3 is 2.42 bits per heavy atom. The van der Waals surface area contributed by atoms with Gasteiger partial charge in [-0.05, 0) is 42.0 Å². The number of rotatable bonds is 9. The standard InChI is InChI=1S/C26H22F3N3O3S/c1-34-20-11-12-23(35-2)21(15-20)22(33)16-36-25-31-30-24(13-17-7-4-3-5-8-17)32(25)19-10-6-9-18(14-19)26(27,28)29/h3-12,14-15H,13,16H2,1-2H3. The number of halogens is 3. The van der Waals surface area contributed by atoms with E-state index in [1.54, 1.807) is 28.8 Å². The van der Waals surface area contributed by atoms with E-state index in [9.17, 15) is 18.0 Å². The molecule has 0 radical (unpaired) electrons. The summed E-state index contributed by atoms with van der Waals surface area (Å²) in [4.78, 5) is 13.0. The fourth-order valence-corrected chi connectivity index (χ4v) is 4.46. The van der Waals surface area contributed by atoms with E-state index in [2.05, 4.69) is 10.2 Å². The smallest absolute Gasteiger partial charge is 0.416 e. The Morgan fingerprint density at radius 2 is 1.72 bits per heavy atom. The van der Waals surface area contributed by atoms with Crippen molar-refractivity contribution in [2.24, 2.45) is 0 Å². The Bertz CT molecular complexity index is 1360. The zero-order valence-corrected chi connectivity index (χ0v) is 20.3. The number of carbonyl (C=O) groups excluding carboxylic acids is 1. The fraction of sp³-hybridized carbons (Fsp3) is 0.192. The minimum absolute atomic E-state index is 0.0358. The Morgan fingerprint density at radius 1 is 0.944 bits per heavy atom. The van der Waals surface area contributed by atoms with Gasteiger partial charge < -0.3 is 9.47 Å². The van der Waals surface area contributed by atoms with Gasteiger partial charge in [0.2, 0.25) is 0 Å². The first-order valence-electron chi connectivity index (χ1n) is 10.8. The molecule has 10 heteroatoms. The summed E-state index contributed by atoms with van der Waals surface area (Å²) in [7, 11) is 2.96. The minimum atomic E-state index is -4.50. The van der Waals surface area contributed by atoms with Gasteiger partial charge in [-0.2, -0.15) is 13.2 Å². The van der Waals surface area contributed by atoms with Gasteiger partial charge in [0.25, 0.3) is 0 Å². The molecule has 3 aromatic carbocycles. The SMILES string of the molecule is COc1ccc(OC)c(C(=O)CSc2nnc(Cc3ccccc3)n2-c2cccc(C(F)(F)F)c2)c1. The fourth-order valence-electron chi connectivity index (χ4n) is 3.61. The highest BCUT2D eigenvalue weighted by Crippen LogP contribution is 2.32. The van der Waals surface area contributed by atoms with Crippen molar-refractivity contribution in [3.8, 4) is 17.2 Å². The van der Waals surface area contributed by atoms with Gasteiger partial charge in [-0.3, -0.25) is 9.36 Å². The quantitative estimate of drug-likeness (QED) is 0.206. The molecule has 0 spiro atoms. The van der Waals surface area contributed by atoms with Crippen LogP contribution in [0.1, 0.15) is 27.3 Å². The molecule has 186 valence electrons. The number of alkyl halides is 3. The van der Waals surface area contributed by atoms with E-state index in [0.717, 1.165) is 29.5 Å². The number of hydrogen-bond acceptors (Lipinski definition) is 6. The zero-order valence-electron chi connectivity index (χ0n) is 19.5. The predicted molar refractivity (Wildman–Crippen MR) is 130 cm³/mol. The summed E-state index contributed by atoms with van der Waals surface area (Å²) in [5, 5.41) is 8.76. The van der Waals surface area contributed by atoms with Crippen LogP contribution in [0.15, 0.2) is 78.0 Å². The first-order chi connectivity index (χ1) is 17.3. The number of Topliss-reactive ketones (excluding diaryl/α,β-unsaturated/α-hetero) is 1. The molecule has 0 atom stereocenters. The van der Waals surface area contributed by atoms with E-state index in [1.165, 1.54) is 20.3 Å². The van der Waals surface area contributed by atoms with E-state index >= 15 is 0 Å². The van der Waals surface area contributed by atoms with Gasteiger partial charge >= 0.3 is 6.18 Å². The molecule has 0 N–H and O–H groups in total. The maximum absolute atomic E-state index is 13.4. The highest BCUT2D eigenvalue weighted by atomic mass is 32.2. The van der Waals surface area contributed by atoms with Gasteiger partial charge in [0.1, 0.15) is 17.3 Å². The van der Waals surface area contributed by atoms with Gasteiger partial charge in [-0.15, -0.1) is 10.2 Å². The predicted octanol–water partition coefficient (Wildman–Crippen LogP) is 5.87. The van der Waals surface area contributed by atoms with Crippen molar-refractivity contribution in [1.29, 1.82) is 0 Å². The number of aromatic nitrogens is 3. The molecule has 0 fully saturated rings. The number of ketones is 1. The lowest BCUT2D eigenvalue weighted by molar-refractivity contribution is -0.137. The lowest BCUT2D eigenvalue weighted by Crippen LogP contribution is -2.10. The van der Waals surface area contributed by atoms with Crippen LogP contribution in [0.3, 0.4) is 0 Å². The molecule has 1 heterocycles. The summed E-state index contributed by atoms with van der Waals surface area (Å²) in [5.41, 5.74) is 0.730. The molecule has 4 rings (SSSR count). The van der Waals surface area contributed by atoms with Crippen LogP contribution in [0.4, 0.5) is 13.2 Å². The molecular formula is C26H22F3N3O3S. The van der Waals surface area contributed by atoms with Crippen LogP contribution in [0.25, 0.3) is 5.69 Å². The first kappa shape index (κ1) is 25.3. The summed E-state index contributed by atoms with van der Waals surface area (Å²) in [6.07, 6.45) is -4.15. The molecule has 0 amide bonds. The van der Waals surface area contributed by atoms with Gasteiger partial charge in [0, 0.05) is 6.42 Å². The number of ether oxygens (including phenoxy) is 2. The van der Waals surface area contributed by atoms with Crippen LogP contribution in [0.2, 0.25) is 0 Å². The van der Waals surface area contributed by atoms with Crippen molar-refractivity contribution in [1.82, 2.24) is 14.8 Å². The van der Waals surface area contributed by atoms with Crippen molar-refractivity contribution >= 4 is 17.5 Å². The van der Waals surface area contributed by atoms with Crippen LogP contribution >= 0.6 is 11.8 Å². The lowest BCUT2D eigenvalue weighted by atomic mass is 10.1.